The zero-order valence-corrected chi connectivity index (χ0v) is 31.4. The van der Waals surface area contributed by atoms with Gasteiger partial charge in [-0.1, -0.05) is 104 Å². The summed E-state index contributed by atoms with van der Waals surface area (Å²) < 4.78 is 0. The number of hydrogen-bond acceptors (Lipinski definition) is 5. The van der Waals surface area contributed by atoms with Gasteiger partial charge in [-0.05, 0) is 110 Å². The van der Waals surface area contributed by atoms with Gasteiger partial charge < -0.3 is 27.8 Å². The van der Waals surface area contributed by atoms with Gasteiger partial charge in [0.05, 0.1) is 0 Å². The molecule has 5 heteroatoms. The summed E-state index contributed by atoms with van der Waals surface area (Å²) in [6.07, 6.45) is 11.3. The van der Waals surface area contributed by atoms with Crippen molar-refractivity contribution in [3.63, 3.8) is 0 Å². The summed E-state index contributed by atoms with van der Waals surface area (Å²) in [7, 11) is 0. The third-order valence-electron chi connectivity index (χ3n) is 11.6. The Morgan fingerprint density at radius 3 is 0.810 bits per heavy atom. The molecule has 0 aromatic heterocycles. The average molecular weight is 594 g/mol. The van der Waals surface area contributed by atoms with Crippen LogP contribution in [0, 0.1) is 33.0 Å². The summed E-state index contributed by atoms with van der Waals surface area (Å²) in [5.74, 6) is 0.919. The van der Waals surface area contributed by atoms with Crippen LogP contribution in [0.4, 0.5) is 0 Å². The molecule has 5 rings (SSSR count). The summed E-state index contributed by atoms with van der Waals surface area (Å²) in [5.41, 5.74) is 20.6. The van der Waals surface area contributed by atoms with Crippen LogP contribution in [-0.4, -0.2) is 42.3 Å². The number of rotatable bonds is 0. The fourth-order valence-electron chi connectivity index (χ4n) is 5.43. The molecule has 42 heavy (non-hydrogen) atoms. The Labute approximate surface area is 264 Å². The Bertz CT molecular complexity index is 719. The van der Waals surface area contributed by atoms with E-state index in [4.69, 9.17) is 17.2 Å². The van der Waals surface area contributed by atoms with Crippen molar-refractivity contribution in [2.45, 2.75) is 184 Å². The third-order valence-corrected chi connectivity index (χ3v) is 11.6. The first-order chi connectivity index (χ1) is 18.6. The molecular weight excluding hydrogens is 514 g/mol. The second-order valence-electron chi connectivity index (χ2n) is 19.8. The van der Waals surface area contributed by atoms with Gasteiger partial charge in [0.1, 0.15) is 0 Å². The molecule has 2 aliphatic heterocycles. The predicted octanol–water partition coefficient (Wildman–Crippen LogP) is 8.00. The van der Waals surface area contributed by atoms with E-state index in [1.54, 1.807) is 0 Å². The molecule has 5 fully saturated rings. The van der Waals surface area contributed by atoms with E-state index in [1.807, 2.05) is 0 Å². The lowest BCUT2D eigenvalue weighted by Crippen LogP contribution is -2.56. The molecule has 8 N–H and O–H groups in total. The van der Waals surface area contributed by atoms with Gasteiger partial charge in [-0.15, -0.1) is 0 Å². The van der Waals surface area contributed by atoms with Gasteiger partial charge in [-0.3, -0.25) is 0 Å². The lowest BCUT2D eigenvalue weighted by molar-refractivity contribution is 0.0939. The molecule has 0 spiro atoms. The van der Waals surface area contributed by atoms with Crippen LogP contribution in [-0.2, 0) is 0 Å². The highest BCUT2D eigenvalue weighted by molar-refractivity contribution is 5.07. The van der Waals surface area contributed by atoms with Crippen LogP contribution >= 0.6 is 0 Å². The highest BCUT2D eigenvalue weighted by Crippen LogP contribution is 2.47. The lowest BCUT2D eigenvalue weighted by Gasteiger charge is -2.48. The smallest absolute Gasteiger partial charge is 0.0204 e. The predicted molar refractivity (Wildman–Crippen MR) is 188 cm³/mol. The van der Waals surface area contributed by atoms with E-state index in [0.717, 1.165) is 12.0 Å². The Kier molecular flexibility index (Phi) is 13.3. The van der Waals surface area contributed by atoms with E-state index in [9.17, 15) is 0 Å². The van der Waals surface area contributed by atoms with Crippen LogP contribution in [0.5, 0.6) is 0 Å². The molecule has 1 atom stereocenters. The van der Waals surface area contributed by atoms with E-state index in [1.165, 1.54) is 77.4 Å². The Morgan fingerprint density at radius 1 is 0.500 bits per heavy atom. The van der Waals surface area contributed by atoms with E-state index < -0.39 is 0 Å². The molecule has 5 nitrogen and oxygen atoms in total. The van der Waals surface area contributed by atoms with Crippen molar-refractivity contribution in [3.05, 3.63) is 0 Å². The third kappa shape index (κ3) is 11.6. The van der Waals surface area contributed by atoms with Crippen molar-refractivity contribution < 1.29 is 0 Å². The molecular formula is C37H79N5. The van der Waals surface area contributed by atoms with E-state index in [2.05, 4.69) is 114 Å². The Hall–Kier alpha value is -0.200. The van der Waals surface area contributed by atoms with Crippen molar-refractivity contribution >= 4 is 0 Å². The average Bonchev–Trinajstić information content (AvgIpc) is 3.38. The van der Waals surface area contributed by atoms with Gasteiger partial charge in [0.2, 0.25) is 0 Å². The van der Waals surface area contributed by atoms with Crippen LogP contribution in [0.1, 0.15) is 162 Å². The molecule has 2 heterocycles. The molecule has 0 amide bonds. The molecule has 1 unspecified atom stereocenters. The van der Waals surface area contributed by atoms with Crippen molar-refractivity contribution in [2.75, 3.05) is 19.6 Å². The highest BCUT2D eigenvalue weighted by atomic mass is 15.0. The SMILES string of the molecule is CC(C)(C)C1(N)CC1.CC(C)(C)C1(N)CCC1.CC(C)(C)C1(N)CCC1.CC(C)(C)C1CCN1.CC(C)(C)C1CNC1. The van der Waals surface area contributed by atoms with Gasteiger partial charge in [0, 0.05) is 22.7 Å². The summed E-state index contributed by atoms with van der Waals surface area (Å²) in [5, 5.41) is 6.65. The van der Waals surface area contributed by atoms with Crippen LogP contribution < -0.4 is 27.8 Å². The van der Waals surface area contributed by atoms with Crippen molar-refractivity contribution in [1.29, 1.82) is 0 Å². The standard InChI is InChI=1S/2C8H17N.3C7H15N/c2*1-7(2,3)8(9)5-4-6-8;1-7(2,3)6-4-8-5-6;1-7(2,3)6-4-5-8-6;1-6(2,3)7(8)4-5-7/h2*4-6,9H2,1-3H3;2*6,8H,4-5H2,1-3H3;4-5,8H2,1-3H3. The van der Waals surface area contributed by atoms with Crippen molar-refractivity contribution in [1.82, 2.24) is 10.6 Å². The zero-order valence-electron chi connectivity index (χ0n) is 31.4. The van der Waals surface area contributed by atoms with Gasteiger partial charge in [-0.25, -0.2) is 0 Å². The molecule has 0 radical (unpaired) electrons. The minimum absolute atomic E-state index is 0.160. The van der Waals surface area contributed by atoms with E-state index in [0.29, 0.717) is 27.1 Å². The minimum Gasteiger partial charge on any atom is -0.325 e. The molecule has 3 aliphatic carbocycles. The molecule has 252 valence electrons. The second-order valence-corrected chi connectivity index (χ2v) is 19.8. The highest BCUT2D eigenvalue weighted by Gasteiger charge is 2.48. The van der Waals surface area contributed by atoms with Gasteiger partial charge in [0.15, 0.2) is 0 Å². The zero-order chi connectivity index (χ0) is 33.1. The van der Waals surface area contributed by atoms with E-state index in [-0.39, 0.29) is 16.6 Å². The van der Waals surface area contributed by atoms with Crippen molar-refractivity contribution in [2.24, 2.45) is 50.2 Å². The first kappa shape index (κ1) is 39.8. The van der Waals surface area contributed by atoms with Crippen LogP contribution in [0.3, 0.4) is 0 Å². The van der Waals surface area contributed by atoms with Crippen LogP contribution in [0.25, 0.3) is 0 Å². The first-order valence-electron chi connectivity index (χ1n) is 17.4. The maximum absolute atomic E-state index is 6.08. The maximum Gasteiger partial charge on any atom is 0.0204 e. The molecule has 5 aliphatic rings. The van der Waals surface area contributed by atoms with Crippen LogP contribution in [0.2, 0.25) is 0 Å². The number of nitrogens with two attached hydrogens (primary N) is 3. The van der Waals surface area contributed by atoms with Crippen molar-refractivity contribution in [3.8, 4) is 0 Å². The fourth-order valence-corrected chi connectivity index (χ4v) is 5.43. The quantitative estimate of drug-likeness (QED) is 0.196. The molecule has 0 bridgehead atoms. The number of nitrogens with one attached hydrogen (secondary N) is 2. The lowest BCUT2D eigenvalue weighted by atomic mass is 9.62. The molecule has 0 aromatic carbocycles. The Balaban J connectivity index is 0.000000263. The number of hydrogen-bond donors (Lipinski definition) is 5. The van der Waals surface area contributed by atoms with Gasteiger partial charge >= 0.3 is 0 Å². The van der Waals surface area contributed by atoms with E-state index >= 15 is 0 Å². The summed E-state index contributed by atoms with van der Waals surface area (Å²) >= 11 is 0. The van der Waals surface area contributed by atoms with Gasteiger partial charge in [-0.2, -0.15) is 0 Å². The second kappa shape index (κ2) is 14.1. The summed E-state index contributed by atoms with van der Waals surface area (Å²) in [6, 6.07) is 0.780. The molecule has 2 saturated heterocycles. The Morgan fingerprint density at radius 2 is 0.810 bits per heavy atom. The maximum atomic E-state index is 6.08. The largest absolute Gasteiger partial charge is 0.325 e. The fraction of sp³-hybridized carbons (Fsp3) is 1.00. The topological polar surface area (TPSA) is 102 Å². The molecule has 0 aromatic rings. The summed E-state index contributed by atoms with van der Waals surface area (Å²) in [4.78, 5) is 0. The minimum atomic E-state index is 0.160. The molecule has 3 saturated carbocycles. The normalized spacial score (nSPS) is 25.7. The van der Waals surface area contributed by atoms with Crippen LogP contribution in [0.15, 0.2) is 0 Å². The summed E-state index contributed by atoms with van der Waals surface area (Å²) in [6.45, 7) is 37.4. The van der Waals surface area contributed by atoms with Gasteiger partial charge in [0.25, 0.3) is 0 Å². The first-order valence-corrected chi connectivity index (χ1v) is 17.4. The monoisotopic (exact) mass is 594 g/mol.